The van der Waals surface area contributed by atoms with Crippen molar-refractivity contribution in [1.82, 2.24) is 5.32 Å². The lowest BCUT2D eigenvalue weighted by atomic mass is 9.70. The Bertz CT molecular complexity index is 365. The van der Waals surface area contributed by atoms with Crippen molar-refractivity contribution in [1.29, 1.82) is 0 Å². The van der Waals surface area contributed by atoms with Gasteiger partial charge in [-0.25, -0.2) is 0 Å². The van der Waals surface area contributed by atoms with Crippen molar-refractivity contribution in [2.75, 3.05) is 6.54 Å². The fourth-order valence-electron chi connectivity index (χ4n) is 3.75. The zero-order valence-electron chi connectivity index (χ0n) is 9.41. The van der Waals surface area contributed by atoms with Crippen molar-refractivity contribution >= 4 is 5.78 Å². The van der Waals surface area contributed by atoms with Crippen LogP contribution in [0.5, 0.6) is 0 Å². The van der Waals surface area contributed by atoms with Crippen LogP contribution < -0.4 is 5.32 Å². The van der Waals surface area contributed by atoms with E-state index >= 15 is 0 Å². The second-order valence-electron chi connectivity index (χ2n) is 5.30. The van der Waals surface area contributed by atoms with E-state index in [9.17, 15) is 4.79 Å². The molecule has 15 heavy (non-hydrogen) atoms. The minimum Gasteiger partial charge on any atom is -0.358 e. The number of carbonyl (C=O) groups excluding carboxylic acids is 1. The topological polar surface area (TPSA) is 38.3 Å². The summed E-state index contributed by atoms with van der Waals surface area (Å²) in [6, 6.07) is 0.310. The van der Waals surface area contributed by atoms with Gasteiger partial charge in [0.05, 0.1) is 11.5 Å². The maximum Gasteiger partial charge on any atom is 0.136 e. The lowest BCUT2D eigenvalue weighted by molar-refractivity contribution is -0.125. The number of Topliss-reactive ketones (excluding diaryl/α,β-unsaturated/α-hetero) is 1. The van der Waals surface area contributed by atoms with Crippen LogP contribution in [0.1, 0.15) is 20.8 Å². The number of rotatable bonds is 1. The molecule has 3 heteroatoms. The zero-order chi connectivity index (χ0) is 10.8. The van der Waals surface area contributed by atoms with Gasteiger partial charge in [0, 0.05) is 18.5 Å². The minimum atomic E-state index is -0.354. The van der Waals surface area contributed by atoms with Gasteiger partial charge >= 0.3 is 0 Å². The predicted molar refractivity (Wildman–Crippen MR) is 56.5 cm³/mol. The highest BCUT2D eigenvalue weighted by molar-refractivity contribution is 5.82. The standard InChI is InChI=1S/C12H17NO2/c1-7(14)10-9-6-13-8(2)12(9)5-4-11(10,3)15-12/h4-5,8-10,13H,6H2,1-3H3/t8-,9+,10-,11-,12+/m1/s1. The average Bonchev–Trinajstić information content (AvgIpc) is 2.71. The molecule has 1 N–H and O–H groups in total. The van der Waals surface area contributed by atoms with Crippen LogP contribution in [0, 0.1) is 11.8 Å². The highest BCUT2D eigenvalue weighted by Crippen LogP contribution is 2.56. The Morgan fingerprint density at radius 3 is 2.93 bits per heavy atom. The van der Waals surface area contributed by atoms with Gasteiger partial charge in [-0.3, -0.25) is 4.79 Å². The number of hydrogen-bond acceptors (Lipinski definition) is 3. The minimum absolute atomic E-state index is 0.0277. The molecule has 3 aliphatic heterocycles. The van der Waals surface area contributed by atoms with Crippen LogP contribution in [0.4, 0.5) is 0 Å². The van der Waals surface area contributed by atoms with E-state index in [-0.39, 0.29) is 22.9 Å². The molecule has 5 atom stereocenters. The Morgan fingerprint density at radius 2 is 2.27 bits per heavy atom. The first-order chi connectivity index (χ1) is 7.00. The number of fused-ring (bicyclic) bond motifs is 1. The van der Waals surface area contributed by atoms with Crippen molar-refractivity contribution in [3.63, 3.8) is 0 Å². The van der Waals surface area contributed by atoms with Gasteiger partial charge < -0.3 is 10.1 Å². The summed E-state index contributed by atoms with van der Waals surface area (Å²) < 4.78 is 6.16. The van der Waals surface area contributed by atoms with Crippen LogP contribution in [-0.4, -0.2) is 29.6 Å². The third-order valence-electron chi connectivity index (χ3n) is 4.43. The Labute approximate surface area is 89.9 Å². The molecule has 0 amide bonds. The molecule has 2 bridgehead atoms. The van der Waals surface area contributed by atoms with Gasteiger partial charge in [-0.15, -0.1) is 0 Å². The molecule has 0 aromatic carbocycles. The van der Waals surface area contributed by atoms with Crippen LogP contribution in [0.2, 0.25) is 0 Å². The Morgan fingerprint density at radius 1 is 1.53 bits per heavy atom. The van der Waals surface area contributed by atoms with Crippen molar-refractivity contribution in [3.8, 4) is 0 Å². The monoisotopic (exact) mass is 207 g/mol. The van der Waals surface area contributed by atoms with E-state index in [0.717, 1.165) is 6.54 Å². The summed E-state index contributed by atoms with van der Waals surface area (Å²) in [5, 5.41) is 3.41. The third-order valence-corrected chi connectivity index (χ3v) is 4.43. The Hall–Kier alpha value is -0.670. The average molecular weight is 207 g/mol. The third kappa shape index (κ3) is 0.911. The molecule has 0 saturated carbocycles. The first kappa shape index (κ1) is 9.55. The molecule has 82 valence electrons. The van der Waals surface area contributed by atoms with E-state index in [1.54, 1.807) is 6.92 Å². The molecule has 0 unspecified atom stereocenters. The van der Waals surface area contributed by atoms with E-state index < -0.39 is 0 Å². The molecule has 3 nitrogen and oxygen atoms in total. The van der Waals surface area contributed by atoms with Crippen molar-refractivity contribution in [2.24, 2.45) is 11.8 Å². The summed E-state index contributed by atoms with van der Waals surface area (Å²) in [4.78, 5) is 11.7. The lowest BCUT2D eigenvalue weighted by Gasteiger charge is -2.28. The molecular weight excluding hydrogens is 190 g/mol. The Balaban J connectivity index is 2.10. The van der Waals surface area contributed by atoms with Crippen molar-refractivity contribution in [3.05, 3.63) is 12.2 Å². The van der Waals surface area contributed by atoms with Gasteiger partial charge in [0.15, 0.2) is 0 Å². The number of carbonyl (C=O) groups is 1. The van der Waals surface area contributed by atoms with Crippen LogP contribution >= 0.6 is 0 Å². The van der Waals surface area contributed by atoms with Crippen LogP contribution in [0.3, 0.4) is 0 Å². The summed E-state index contributed by atoms with van der Waals surface area (Å²) in [6.45, 7) is 6.75. The molecule has 3 aliphatic rings. The molecule has 3 rings (SSSR count). The number of ketones is 1. The second kappa shape index (κ2) is 2.53. The summed E-state index contributed by atoms with van der Waals surface area (Å²) in [7, 11) is 0. The number of nitrogens with one attached hydrogen (secondary N) is 1. The Kier molecular flexibility index (Phi) is 1.61. The lowest BCUT2D eigenvalue weighted by Crippen LogP contribution is -2.41. The molecule has 2 fully saturated rings. The van der Waals surface area contributed by atoms with Crippen LogP contribution in [-0.2, 0) is 9.53 Å². The molecule has 0 aliphatic carbocycles. The van der Waals surface area contributed by atoms with Crippen molar-refractivity contribution in [2.45, 2.75) is 38.0 Å². The van der Waals surface area contributed by atoms with Gasteiger partial charge in [0.25, 0.3) is 0 Å². The maximum absolute atomic E-state index is 11.7. The summed E-state index contributed by atoms with van der Waals surface area (Å²) in [6.07, 6.45) is 4.25. The van der Waals surface area contributed by atoms with E-state index in [2.05, 4.69) is 24.4 Å². The predicted octanol–water partition coefficient (Wildman–Crippen LogP) is 0.897. The summed E-state index contributed by atoms with van der Waals surface area (Å²) >= 11 is 0. The molecule has 1 spiro atoms. The van der Waals surface area contributed by atoms with E-state index in [1.807, 2.05) is 6.92 Å². The normalized spacial score (nSPS) is 56.1. The highest BCUT2D eigenvalue weighted by atomic mass is 16.5. The second-order valence-corrected chi connectivity index (χ2v) is 5.30. The first-order valence-corrected chi connectivity index (χ1v) is 5.64. The largest absolute Gasteiger partial charge is 0.358 e. The highest BCUT2D eigenvalue weighted by Gasteiger charge is 2.67. The van der Waals surface area contributed by atoms with E-state index in [0.29, 0.717) is 12.0 Å². The van der Waals surface area contributed by atoms with Gasteiger partial charge in [-0.2, -0.15) is 0 Å². The summed E-state index contributed by atoms with van der Waals surface area (Å²) in [5.41, 5.74) is -0.571. The van der Waals surface area contributed by atoms with Gasteiger partial charge in [-0.05, 0) is 20.8 Å². The first-order valence-electron chi connectivity index (χ1n) is 5.64. The number of ether oxygens (including phenoxy) is 1. The molecule has 3 heterocycles. The molecule has 0 aromatic heterocycles. The molecule has 0 aromatic rings. The SMILES string of the molecule is CC(=O)[C@@H]1[C@@H]2CN[C@H](C)[C@@]23C=C[C@@]1(C)O3. The van der Waals surface area contributed by atoms with Gasteiger partial charge in [0.2, 0.25) is 0 Å². The van der Waals surface area contributed by atoms with E-state index in [4.69, 9.17) is 4.74 Å². The van der Waals surface area contributed by atoms with E-state index in [1.165, 1.54) is 0 Å². The maximum atomic E-state index is 11.7. The number of hydrogen-bond donors (Lipinski definition) is 1. The van der Waals surface area contributed by atoms with Gasteiger partial charge in [0.1, 0.15) is 11.4 Å². The van der Waals surface area contributed by atoms with Gasteiger partial charge in [-0.1, -0.05) is 12.2 Å². The summed E-state index contributed by atoms with van der Waals surface area (Å²) in [5.74, 6) is 0.601. The molecule has 2 saturated heterocycles. The smallest absolute Gasteiger partial charge is 0.136 e. The fourth-order valence-corrected chi connectivity index (χ4v) is 3.75. The van der Waals surface area contributed by atoms with Crippen LogP contribution in [0.25, 0.3) is 0 Å². The fraction of sp³-hybridized carbons (Fsp3) is 0.750. The van der Waals surface area contributed by atoms with Crippen LogP contribution in [0.15, 0.2) is 12.2 Å². The quantitative estimate of drug-likeness (QED) is 0.649. The van der Waals surface area contributed by atoms with Crippen molar-refractivity contribution < 1.29 is 9.53 Å². The molecular formula is C12H17NO2. The zero-order valence-corrected chi connectivity index (χ0v) is 9.41. The molecule has 0 radical (unpaired) electrons.